The minimum atomic E-state index is -0.985. The molecule has 1 aliphatic rings. The van der Waals surface area contributed by atoms with Gasteiger partial charge in [-0.25, -0.2) is 8.78 Å². The molecule has 2 rings (SSSR count). The molecule has 3 N–H and O–H groups in total. The third-order valence-corrected chi connectivity index (χ3v) is 3.63. The van der Waals surface area contributed by atoms with Crippen LogP contribution < -0.4 is 10.6 Å². The topological polar surface area (TPSA) is 78.4 Å². The molecule has 2 amide bonds. The summed E-state index contributed by atoms with van der Waals surface area (Å²) in [6.45, 7) is 0.292. The quantitative estimate of drug-likeness (QED) is 0.741. The highest BCUT2D eigenvalue weighted by Crippen LogP contribution is 2.23. The third kappa shape index (κ3) is 4.77. The summed E-state index contributed by atoms with van der Waals surface area (Å²) in [5.74, 6) is -3.41. The van der Waals surface area contributed by atoms with Crippen LogP contribution in [0, 0.1) is 17.6 Å². The number of hydrogen-bond donors (Lipinski definition) is 3. The molecule has 1 aromatic rings. The molecule has 0 radical (unpaired) electrons. The van der Waals surface area contributed by atoms with Crippen LogP contribution in [-0.2, 0) is 9.59 Å². The molecule has 1 fully saturated rings. The van der Waals surface area contributed by atoms with E-state index in [9.17, 15) is 23.5 Å². The average Bonchev–Trinajstić information content (AvgIpc) is 2.43. The summed E-state index contributed by atoms with van der Waals surface area (Å²) in [7, 11) is 0. The number of benzene rings is 1. The lowest BCUT2D eigenvalue weighted by molar-refractivity contribution is -0.136. The van der Waals surface area contributed by atoms with E-state index in [1.165, 1.54) is 0 Å². The van der Waals surface area contributed by atoms with E-state index >= 15 is 0 Å². The van der Waals surface area contributed by atoms with Crippen molar-refractivity contribution in [1.29, 1.82) is 0 Å². The van der Waals surface area contributed by atoms with E-state index in [4.69, 9.17) is 0 Å². The fourth-order valence-corrected chi connectivity index (χ4v) is 2.58. The van der Waals surface area contributed by atoms with Gasteiger partial charge in [-0.15, -0.1) is 0 Å². The Morgan fingerprint density at radius 1 is 1.14 bits per heavy atom. The fraction of sp³-hybridized carbons (Fsp3) is 0.467. The van der Waals surface area contributed by atoms with Crippen molar-refractivity contribution in [2.24, 2.45) is 5.92 Å². The lowest BCUT2D eigenvalue weighted by Gasteiger charge is -2.25. The van der Waals surface area contributed by atoms with E-state index < -0.39 is 23.4 Å². The van der Waals surface area contributed by atoms with E-state index in [-0.39, 0.29) is 17.7 Å². The standard InChI is InChI=1S/C15H18F2N2O3/c16-10-5-11(17)7-12(6-10)19-15(22)14(21)18-8-9-2-1-3-13(20)4-9/h5-7,9,13,20H,1-4,8H2,(H,18,21)(H,19,22). The third-order valence-electron chi connectivity index (χ3n) is 3.63. The molecule has 0 aliphatic heterocycles. The molecule has 0 bridgehead atoms. The number of carbonyl (C=O) groups excluding carboxylic acids is 2. The maximum Gasteiger partial charge on any atom is 0.313 e. The minimum absolute atomic E-state index is 0.120. The summed E-state index contributed by atoms with van der Waals surface area (Å²) in [5.41, 5.74) is -0.120. The fourth-order valence-electron chi connectivity index (χ4n) is 2.58. The second-order valence-electron chi connectivity index (χ2n) is 5.51. The van der Waals surface area contributed by atoms with Crippen molar-refractivity contribution in [3.63, 3.8) is 0 Å². The van der Waals surface area contributed by atoms with Gasteiger partial charge in [-0.1, -0.05) is 6.42 Å². The molecule has 7 heteroatoms. The molecule has 2 unspecified atom stereocenters. The van der Waals surface area contributed by atoms with Gasteiger partial charge in [0.05, 0.1) is 6.10 Å². The number of aliphatic hydroxyl groups excluding tert-OH is 1. The molecule has 0 heterocycles. The zero-order valence-electron chi connectivity index (χ0n) is 11.9. The first-order chi connectivity index (χ1) is 10.4. The van der Waals surface area contributed by atoms with Crippen molar-refractivity contribution in [1.82, 2.24) is 5.32 Å². The molecule has 5 nitrogen and oxygen atoms in total. The number of aliphatic hydroxyl groups is 1. The van der Waals surface area contributed by atoms with Crippen LogP contribution in [0.2, 0.25) is 0 Å². The normalized spacial score (nSPS) is 21.2. The first-order valence-corrected chi connectivity index (χ1v) is 7.17. The molecule has 1 aliphatic carbocycles. The van der Waals surface area contributed by atoms with Crippen molar-refractivity contribution < 1.29 is 23.5 Å². The molecular weight excluding hydrogens is 294 g/mol. The number of halogens is 2. The molecule has 22 heavy (non-hydrogen) atoms. The monoisotopic (exact) mass is 312 g/mol. The lowest BCUT2D eigenvalue weighted by atomic mass is 9.87. The largest absolute Gasteiger partial charge is 0.393 e. The van der Waals surface area contributed by atoms with E-state index in [0.717, 1.165) is 31.4 Å². The zero-order valence-corrected chi connectivity index (χ0v) is 11.9. The van der Waals surface area contributed by atoms with E-state index in [2.05, 4.69) is 10.6 Å². The van der Waals surface area contributed by atoms with Crippen LogP contribution in [-0.4, -0.2) is 29.6 Å². The summed E-state index contributed by atoms with van der Waals surface area (Å²) in [4.78, 5) is 23.3. The summed E-state index contributed by atoms with van der Waals surface area (Å²) < 4.78 is 26.0. The Labute approximate surface area is 126 Å². The SMILES string of the molecule is O=C(NCC1CCCC(O)C1)C(=O)Nc1cc(F)cc(F)c1. The Balaban J connectivity index is 1.83. The van der Waals surface area contributed by atoms with E-state index in [1.54, 1.807) is 0 Å². The van der Waals surface area contributed by atoms with Gasteiger partial charge >= 0.3 is 11.8 Å². The highest BCUT2D eigenvalue weighted by atomic mass is 19.1. The second-order valence-corrected chi connectivity index (χ2v) is 5.51. The number of nitrogens with one attached hydrogen (secondary N) is 2. The smallest absolute Gasteiger partial charge is 0.313 e. The Bertz CT molecular complexity index is 545. The van der Waals surface area contributed by atoms with Gasteiger partial charge in [-0.05, 0) is 37.3 Å². The molecule has 0 saturated heterocycles. The van der Waals surface area contributed by atoms with Crippen molar-refractivity contribution in [2.45, 2.75) is 31.8 Å². The van der Waals surface area contributed by atoms with Crippen molar-refractivity contribution in [3.05, 3.63) is 29.8 Å². The first kappa shape index (κ1) is 16.4. The molecule has 0 aromatic heterocycles. The zero-order chi connectivity index (χ0) is 16.1. The van der Waals surface area contributed by atoms with E-state index in [1.807, 2.05) is 0 Å². The molecule has 120 valence electrons. The maximum absolute atomic E-state index is 13.0. The van der Waals surface area contributed by atoms with Gasteiger partial charge in [-0.3, -0.25) is 9.59 Å². The van der Waals surface area contributed by atoms with Crippen LogP contribution in [0.5, 0.6) is 0 Å². The Kier molecular flexibility index (Phi) is 5.43. The predicted octanol–water partition coefficient (Wildman–Crippen LogP) is 1.57. The van der Waals surface area contributed by atoms with Gasteiger partial charge in [-0.2, -0.15) is 0 Å². The van der Waals surface area contributed by atoms with Crippen LogP contribution >= 0.6 is 0 Å². The minimum Gasteiger partial charge on any atom is -0.393 e. The van der Waals surface area contributed by atoms with Crippen molar-refractivity contribution in [3.8, 4) is 0 Å². The Morgan fingerprint density at radius 3 is 2.45 bits per heavy atom. The van der Waals surface area contributed by atoms with E-state index in [0.29, 0.717) is 19.0 Å². The van der Waals surface area contributed by atoms with Gasteiger partial charge in [0.1, 0.15) is 11.6 Å². The summed E-state index contributed by atoms with van der Waals surface area (Å²) in [5, 5.41) is 14.1. The van der Waals surface area contributed by atoms with Crippen LogP contribution in [0.3, 0.4) is 0 Å². The number of amides is 2. The molecule has 1 aromatic carbocycles. The lowest BCUT2D eigenvalue weighted by Crippen LogP contribution is -2.39. The molecule has 2 atom stereocenters. The summed E-state index contributed by atoms with van der Waals surface area (Å²) >= 11 is 0. The first-order valence-electron chi connectivity index (χ1n) is 7.17. The molecule has 1 saturated carbocycles. The maximum atomic E-state index is 13.0. The van der Waals surface area contributed by atoms with Crippen LogP contribution in [0.15, 0.2) is 18.2 Å². The highest BCUT2D eigenvalue weighted by molar-refractivity contribution is 6.39. The Hall–Kier alpha value is -2.02. The van der Waals surface area contributed by atoms with Crippen LogP contribution in [0.1, 0.15) is 25.7 Å². The summed E-state index contributed by atoms with van der Waals surface area (Å²) in [6.07, 6.45) is 2.76. The van der Waals surface area contributed by atoms with Crippen molar-refractivity contribution >= 4 is 17.5 Å². The highest BCUT2D eigenvalue weighted by Gasteiger charge is 2.22. The summed E-state index contributed by atoms with van der Waals surface area (Å²) in [6, 6.07) is 2.52. The van der Waals surface area contributed by atoms with Crippen LogP contribution in [0.25, 0.3) is 0 Å². The van der Waals surface area contributed by atoms with Gasteiger partial charge in [0, 0.05) is 18.3 Å². The predicted molar refractivity (Wildman–Crippen MR) is 76.0 cm³/mol. The second kappa shape index (κ2) is 7.31. The van der Waals surface area contributed by atoms with Gasteiger partial charge in [0.2, 0.25) is 0 Å². The van der Waals surface area contributed by atoms with Gasteiger partial charge in [0.25, 0.3) is 0 Å². The average molecular weight is 312 g/mol. The number of carbonyl (C=O) groups is 2. The van der Waals surface area contributed by atoms with Gasteiger partial charge < -0.3 is 15.7 Å². The number of rotatable bonds is 3. The van der Waals surface area contributed by atoms with Crippen molar-refractivity contribution in [2.75, 3.05) is 11.9 Å². The molecule has 0 spiro atoms. The van der Waals surface area contributed by atoms with Gasteiger partial charge in [0.15, 0.2) is 0 Å². The Morgan fingerprint density at radius 2 is 1.82 bits per heavy atom. The molecular formula is C15H18F2N2O3. The van der Waals surface area contributed by atoms with Crippen LogP contribution in [0.4, 0.5) is 14.5 Å². The number of anilines is 1. The number of hydrogen-bond acceptors (Lipinski definition) is 3.